The average Bonchev–Trinajstić information content (AvgIpc) is 2.17. The van der Waals surface area contributed by atoms with E-state index in [1.54, 1.807) is 6.92 Å². The summed E-state index contributed by atoms with van der Waals surface area (Å²) in [7, 11) is 2.61. The molecule has 0 saturated carbocycles. The quantitative estimate of drug-likeness (QED) is 0.821. The fourth-order valence-electron chi connectivity index (χ4n) is 1.38. The summed E-state index contributed by atoms with van der Waals surface area (Å²) in [6.45, 7) is 1.62. The summed E-state index contributed by atoms with van der Waals surface area (Å²) in [5.41, 5.74) is 5.59. The molecule has 0 radical (unpaired) electrons. The number of hydrogen-bond donors (Lipinski definition) is 1. The first kappa shape index (κ1) is 11.3. The minimum atomic E-state index is -0.739. The Balaban J connectivity index is 3.51. The van der Waals surface area contributed by atoms with Gasteiger partial charge in [-0.05, 0) is 18.6 Å². The zero-order chi connectivity index (χ0) is 11.6. The van der Waals surface area contributed by atoms with Crippen LogP contribution >= 0.6 is 0 Å². The van der Waals surface area contributed by atoms with Gasteiger partial charge in [-0.3, -0.25) is 4.79 Å². The lowest BCUT2D eigenvalue weighted by Crippen LogP contribution is -2.14. The third-order valence-corrected chi connectivity index (χ3v) is 2.04. The number of hydrogen-bond acceptors (Lipinski definition) is 3. The third kappa shape index (κ3) is 1.86. The molecule has 0 aliphatic heterocycles. The van der Waals surface area contributed by atoms with Gasteiger partial charge in [-0.2, -0.15) is 4.39 Å². The smallest absolute Gasteiger partial charge is 0.252 e. The van der Waals surface area contributed by atoms with Gasteiger partial charge in [0.25, 0.3) is 5.91 Å². The minimum Gasteiger partial charge on any atom is -0.493 e. The molecule has 0 bridgehead atoms. The molecule has 0 saturated heterocycles. The Morgan fingerprint density at radius 2 is 1.87 bits per heavy atom. The van der Waals surface area contributed by atoms with Crippen molar-refractivity contribution in [2.45, 2.75) is 6.92 Å². The predicted molar refractivity (Wildman–Crippen MR) is 52.8 cm³/mol. The molecule has 1 aromatic carbocycles. The van der Waals surface area contributed by atoms with E-state index >= 15 is 0 Å². The van der Waals surface area contributed by atoms with Gasteiger partial charge in [-0.15, -0.1) is 0 Å². The minimum absolute atomic E-state index is 0.00769. The van der Waals surface area contributed by atoms with Crippen molar-refractivity contribution in [1.29, 1.82) is 0 Å². The first-order valence-corrected chi connectivity index (χ1v) is 4.23. The van der Waals surface area contributed by atoms with Gasteiger partial charge in [0.1, 0.15) is 0 Å². The molecule has 0 aromatic heterocycles. The van der Waals surface area contributed by atoms with E-state index < -0.39 is 11.7 Å². The number of rotatable bonds is 3. The van der Waals surface area contributed by atoms with Gasteiger partial charge in [0, 0.05) is 0 Å². The van der Waals surface area contributed by atoms with Crippen LogP contribution in [-0.2, 0) is 0 Å². The van der Waals surface area contributed by atoms with Gasteiger partial charge in [0.05, 0.1) is 19.8 Å². The molecule has 5 heteroatoms. The molecular weight excluding hydrogens is 201 g/mol. The van der Waals surface area contributed by atoms with E-state index in [9.17, 15) is 9.18 Å². The molecule has 0 aliphatic carbocycles. The van der Waals surface area contributed by atoms with Crippen LogP contribution in [0.4, 0.5) is 4.39 Å². The molecular formula is C10H12FNO3. The van der Waals surface area contributed by atoms with Crippen LogP contribution in [0.1, 0.15) is 15.9 Å². The van der Waals surface area contributed by atoms with Crippen molar-refractivity contribution in [3.8, 4) is 11.5 Å². The number of carbonyl (C=O) groups is 1. The second kappa shape index (κ2) is 4.16. The number of halogens is 1. The predicted octanol–water partition coefficient (Wildman–Crippen LogP) is 1.25. The van der Waals surface area contributed by atoms with E-state index in [0.29, 0.717) is 5.56 Å². The normalized spacial score (nSPS) is 9.87. The molecule has 1 aromatic rings. The Labute approximate surface area is 86.8 Å². The summed E-state index contributed by atoms with van der Waals surface area (Å²) < 4.78 is 23.3. The number of primary amides is 1. The molecule has 0 heterocycles. The van der Waals surface area contributed by atoms with Crippen LogP contribution in [0.25, 0.3) is 0 Å². The zero-order valence-electron chi connectivity index (χ0n) is 8.76. The Hall–Kier alpha value is -1.78. The highest BCUT2D eigenvalue weighted by Gasteiger charge is 2.20. The molecule has 0 fully saturated rings. The molecule has 82 valence electrons. The molecule has 15 heavy (non-hydrogen) atoms. The molecule has 4 nitrogen and oxygen atoms in total. The summed E-state index contributed by atoms with van der Waals surface area (Å²) in [6, 6.07) is 1.43. The third-order valence-electron chi connectivity index (χ3n) is 2.04. The van der Waals surface area contributed by atoms with Gasteiger partial charge < -0.3 is 15.2 Å². The monoisotopic (exact) mass is 213 g/mol. The lowest BCUT2D eigenvalue weighted by atomic mass is 10.1. The second-order valence-corrected chi connectivity index (χ2v) is 2.99. The summed E-state index contributed by atoms with van der Waals surface area (Å²) >= 11 is 0. The standard InChI is InChI=1S/C10H12FNO3/c1-5-4-6(10(12)13)9(15-3)7(11)8(5)14-2/h4H,1-3H3,(H2,12,13). The lowest BCUT2D eigenvalue weighted by molar-refractivity contribution is 0.0996. The fraction of sp³-hybridized carbons (Fsp3) is 0.300. The molecule has 0 spiro atoms. The maximum atomic E-state index is 13.7. The summed E-state index contributed by atoms with van der Waals surface area (Å²) in [6.07, 6.45) is 0. The van der Waals surface area contributed by atoms with Crippen LogP contribution < -0.4 is 15.2 Å². The molecule has 0 unspecified atom stereocenters. The second-order valence-electron chi connectivity index (χ2n) is 2.99. The van der Waals surface area contributed by atoms with E-state index in [-0.39, 0.29) is 17.1 Å². The van der Waals surface area contributed by atoms with Gasteiger partial charge in [-0.1, -0.05) is 0 Å². The van der Waals surface area contributed by atoms with E-state index in [4.69, 9.17) is 15.2 Å². The summed E-state index contributed by atoms with van der Waals surface area (Å²) in [4.78, 5) is 11.0. The number of nitrogens with two attached hydrogens (primary N) is 1. The molecule has 0 atom stereocenters. The molecule has 1 rings (SSSR count). The highest BCUT2D eigenvalue weighted by molar-refractivity contribution is 5.96. The summed E-state index contributed by atoms with van der Waals surface area (Å²) in [5, 5.41) is 0. The van der Waals surface area contributed by atoms with Gasteiger partial charge in [-0.25, -0.2) is 0 Å². The largest absolute Gasteiger partial charge is 0.493 e. The van der Waals surface area contributed by atoms with Crippen molar-refractivity contribution in [1.82, 2.24) is 0 Å². The number of amides is 1. The number of ether oxygens (including phenoxy) is 2. The topological polar surface area (TPSA) is 61.5 Å². The molecule has 0 aliphatic rings. The van der Waals surface area contributed by atoms with E-state index in [0.717, 1.165) is 0 Å². The Kier molecular flexibility index (Phi) is 3.14. The van der Waals surface area contributed by atoms with Crippen molar-refractivity contribution in [3.05, 3.63) is 23.0 Å². The lowest BCUT2D eigenvalue weighted by Gasteiger charge is -2.12. The average molecular weight is 213 g/mol. The van der Waals surface area contributed by atoms with Crippen molar-refractivity contribution in [2.24, 2.45) is 5.73 Å². The van der Waals surface area contributed by atoms with Crippen LogP contribution in [0.5, 0.6) is 11.5 Å². The molecule has 1 amide bonds. The van der Waals surface area contributed by atoms with Crippen LogP contribution in [0.2, 0.25) is 0 Å². The van der Waals surface area contributed by atoms with Crippen LogP contribution in [0.15, 0.2) is 6.07 Å². The Morgan fingerprint density at radius 1 is 1.33 bits per heavy atom. The Bertz CT molecular complexity index is 404. The van der Waals surface area contributed by atoms with E-state index in [1.807, 2.05) is 0 Å². The zero-order valence-corrected chi connectivity index (χ0v) is 8.76. The Morgan fingerprint density at radius 3 is 2.27 bits per heavy atom. The van der Waals surface area contributed by atoms with E-state index in [2.05, 4.69) is 0 Å². The SMILES string of the molecule is COc1c(C)cc(C(N)=O)c(OC)c1F. The fourth-order valence-corrected chi connectivity index (χ4v) is 1.38. The number of carbonyl (C=O) groups excluding carboxylic acids is 1. The van der Waals surface area contributed by atoms with Crippen LogP contribution in [0.3, 0.4) is 0 Å². The van der Waals surface area contributed by atoms with Crippen molar-refractivity contribution in [2.75, 3.05) is 14.2 Å². The van der Waals surface area contributed by atoms with Crippen molar-refractivity contribution >= 4 is 5.91 Å². The first-order chi connectivity index (χ1) is 7.02. The van der Waals surface area contributed by atoms with Gasteiger partial charge >= 0.3 is 0 Å². The maximum absolute atomic E-state index is 13.7. The highest BCUT2D eigenvalue weighted by Crippen LogP contribution is 2.33. The van der Waals surface area contributed by atoms with Crippen molar-refractivity contribution in [3.63, 3.8) is 0 Å². The number of aryl methyl sites for hydroxylation is 1. The molecule has 2 N–H and O–H groups in total. The van der Waals surface area contributed by atoms with Crippen molar-refractivity contribution < 1.29 is 18.7 Å². The van der Waals surface area contributed by atoms with Crippen LogP contribution in [-0.4, -0.2) is 20.1 Å². The van der Waals surface area contributed by atoms with Crippen LogP contribution in [0, 0.1) is 12.7 Å². The maximum Gasteiger partial charge on any atom is 0.252 e. The van der Waals surface area contributed by atoms with E-state index in [1.165, 1.54) is 20.3 Å². The first-order valence-electron chi connectivity index (χ1n) is 4.23. The number of benzene rings is 1. The highest BCUT2D eigenvalue weighted by atomic mass is 19.1. The summed E-state index contributed by atoms with van der Waals surface area (Å²) in [5.74, 6) is -1.59. The van der Waals surface area contributed by atoms with Gasteiger partial charge in [0.15, 0.2) is 11.5 Å². The van der Waals surface area contributed by atoms with Gasteiger partial charge in [0.2, 0.25) is 5.82 Å². The number of methoxy groups -OCH3 is 2.